The summed E-state index contributed by atoms with van der Waals surface area (Å²) in [5, 5.41) is 15.5. The zero-order valence-electron chi connectivity index (χ0n) is 34.9. The van der Waals surface area contributed by atoms with E-state index < -0.39 is 0 Å². The molecule has 4 heterocycles. The van der Waals surface area contributed by atoms with Crippen LogP contribution in [0.3, 0.4) is 0 Å². The minimum Gasteiger partial charge on any atom is -0.308 e. The summed E-state index contributed by atoms with van der Waals surface area (Å²) in [6.45, 7) is 13.8. The van der Waals surface area contributed by atoms with Gasteiger partial charge in [-0.05, 0) is 102 Å². The maximum atomic E-state index is 2.53. The molecule has 2 heteroatoms. The molecule has 0 saturated heterocycles. The Labute approximate surface area is 348 Å². The summed E-state index contributed by atoms with van der Waals surface area (Å²) in [7, 11) is 0. The maximum Gasteiger partial charge on any atom is 0.0620 e. The molecule has 2 nitrogen and oxygen atoms in total. The van der Waals surface area contributed by atoms with E-state index in [1.165, 1.54) is 131 Å². The molecule has 0 aliphatic heterocycles. The number of fused-ring (bicyclic) bond motifs is 14. The van der Waals surface area contributed by atoms with Crippen LogP contribution in [-0.2, 0) is 10.8 Å². The van der Waals surface area contributed by atoms with E-state index in [0.29, 0.717) is 0 Å². The van der Waals surface area contributed by atoms with Crippen LogP contribution in [-0.4, -0.2) is 8.80 Å². The Morgan fingerprint density at radius 1 is 0.283 bits per heavy atom. The first-order chi connectivity index (χ1) is 29.0. The molecule has 0 bridgehead atoms. The highest BCUT2D eigenvalue weighted by molar-refractivity contribution is 6.32. The summed E-state index contributed by atoms with van der Waals surface area (Å²) in [6.07, 6.45) is 0. The van der Waals surface area contributed by atoms with Gasteiger partial charge in [-0.1, -0.05) is 163 Å². The fourth-order valence-corrected chi connectivity index (χ4v) is 11.0. The first kappa shape index (κ1) is 34.0. The van der Waals surface area contributed by atoms with Crippen LogP contribution in [0.2, 0.25) is 0 Å². The third kappa shape index (κ3) is 4.38. The predicted molar refractivity (Wildman–Crippen MR) is 259 cm³/mol. The second-order valence-electron chi connectivity index (χ2n) is 19.3. The lowest BCUT2D eigenvalue weighted by Gasteiger charge is -2.22. The molecule has 0 radical (unpaired) electrons. The van der Waals surface area contributed by atoms with Crippen molar-refractivity contribution in [2.45, 2.75) is 52.4 Å². The summed E-state index contributed by atoms with van der Waals surface area (Å²) in [6, 6.07) is 60.6. The van der Waals surface area contributed by atoms with Crippen LogP contribution in [0, 0.1) is 0 Å². The highest BCUT2D eigenvalue weighted by Gasteiger charge is 2.26. The molecular weight excluding hydrogens is 725 g/mol. The Kier molecular flexibility index (Phi) is 6.48. The summed E-state index contributed by atoms with van der Waals surface area (Å²) in [5.74, 6) is 0. The van der Waals surface area contributed by atoms with Gasteiger partial charge in [0.2, 0.25) is 0 Å². The van der Waals surface area contributed by atoms with E-state index in [9.17, 15) is 0 Å². The lowest BCUT2D eigenvalue weighted by Crippen LogP contribution is -2.10. The molecule has 0 spiro atoms. The number of hydrogen-bond acceptors (Lipinski definition) is 0. The maximum absolute atomic E-state index is 2.53. The van der Waals surface area contributed by atoms with Crippen molar-refractivity contribution >= 4 is 97.7 Å². The number of para-hydroxylation sites is 4. The summed E-state index contributed by atoms with van der Waals surface area (Å²) in [4.78, 5) is 0. The lowest BCUT2D eigenvalue weighted by molar-refractivity contribution is 0.590. The monoisotopic (exact) mass is 768 g/mol. The molecule has 0 aliphatic rings. The largest absolute Gasteiger partial charge is 0.308 e. The van der Waals surface area contributed by atoms with Gasteiger partial charge in [0.15, 0.2) is 0 Å². The number of nitrogens with zero attached hydrogens (tertiary/aromatic N) is 2. The van der Waals surface area contributed by atoms with Crippen LogP contribution >= 0.6 is 0 Å². The summed E-state index contributed by atoms with van der Waals surface area (Å²) >= 11 is 0. The number of aromatic nitrogens is 2. The Morgan fingerprint density at radius 2 is 0.617 bits per heavy atom. The van der Waals surface area contributed by atoms with Crippen molar-refractivity contribution in [1.82, 2.24) is 8.80 Å². The van der Waals surface area contributed by atoms with Gasteiger partial charge in [-0.3, -0.25) is 0 Å². The summed E-state index contributed by atoms with van der Waals surface area (Å²) < 4.78 is 5.07. The van der Waals surface area contributed by atoms with E-state index in [2.05, 4.69) is 208 Å². The zero-order chi connectivity index (χ0) is 40.4. The van der Waals surface area contributed by atoms with Crippen LogP contribution in [0.1, 0.15) is 52.7 Å². The van der Waals surface area contributed by atoms with E-state index in [1.54, 1.807) is 0 Å². The molecule has 0 atom stereocenters. The van der Waals surface area contributed by atoms with Gasteiger partial charge in [0.25, 0.3) is 0 Å². The number of benzene rings is 9. The Morgan fingerprint density at radius 3 is 1.00 bits per heavy atom. The average Bonchev–Trinajstić information content (AvgIpc) is 3.97. The molecular formula is C58H44N2. The van der Waals surface area contributed by atoms with Gasteiger partial charge >= 0.3 is 0 Å². The molecule has 286 valence electrons. The van der Waals surface area contributed by atoms with E-state index >= 15 is 0 Å². The molecule has 13 aromatic rings. The van der Waals surface area contributed by atoms with Crippen LogP contribution in [0.25, 0.3) is 120 Å². The smallest absolute Gasteiger partial charge is 0.0620 e. The minimum atomic E-state index is 0.0505. The van der Waals surface area contributed by atoms with Crippen LogP contribution < -0.4 is 0 Å². The second kappa shape index (κ2) is 11.4. The van der Waals surface area contributed by atoms with E-state index in [1.807, 2.05) is 0 Å². The van der Waals surface area contributed by atoms with Gasteiger partial charge in [-0.25, -0.2) is 0 Å². The Bertz CT molecular complexity index is 3660. The third-order valence-corrected chi connectivity index (χ3v) is 13.9. The third-order valence-electron chi connectivity index (χ3n) is 13.9. The second-order valence-corrected chi connectivity index (χ2v) is 19.3. The van der Waals surface area contributed by atoms with Crippen molar-refractivity contribution in [2.75, 3.05) is 0 Å². The fourth-order valence-electron chi connectivity index (χ4n) is 11.0. The quantitative estimate of drug-likeness (QED) is 0.155. The molecule has 0 aliphatic carbocycles. The Balaban J connectivity index is 1.27. The van der Waals surface area contributed by atoms with Gasteiger partial charge in [0, 0.05) is 43.1 Å². The standard InChI is InChI=1S/C58H44N2/c1-57(2,3)35-25-21-33(22-26-35)53-45-29-43-41-17-11-15-39-38-14-8-10-20-50(38)60(55(39)41)52(43)32-48(45)54(34-23-27-36(28-24-34)58(4,5)6)46-30-44-42-18-12-16-40-37-13-7-9-19-49(37)59(56(40)42)51(44)31-47(46)53/h7-32H,1-6H3. The molecule has 0 amide bonds. The van der Waals surface area contributed by atoms with Crippen LogP contribution in [0.5, 0.6) is 0 Å². The van der Waals surface area contributed by atoms with Gasteiger partial charge in [-0.2, -0.15) is 0 Å². The van der Waals surface area contributed by atoms with Crippen molar-refractivity contribution in [3.63, 3.8) is 0 Å². The fraction of sp³-hybridized carbons (Fsp3) is 0.138. The van der Waals surface area contributed by atoms with E-state index in [4.69, 9.17) is 0 Å². The van der Waals surface area contributed by atoms with Crippen molar-refractivity contribution < 1.29 is 0 Å². The lowest BCUT2D eigenvalue weighted by atomic mass is 9.82. The molecule has 9 aromatic carbocycles. The van der Waals surface area contributed by atoms with Gasteiger partial charge < -0.3 is 8.80 Å². The minimum absolute atomic E-state index is 0.0505. The van der Waals surface area contributed by atoms with Crippen molar-refractivity contribution in [3.8, 4) is 22.3 Å². The molecule has 0 saturated carbocycles. The molecule has 4 aromatic heterocycles. The van der Waals surface area contributed by atoms with Crippen molar-refractivity contribution in [1.29, 1.82) is 0 Å². The van der Waals surface area contributed by atoms with Crippen molar-refractivity contribution in [2.24, 2.45) is 0 Å². The average molecular weight is 769 g/mol. The molecule has 13 rings (SSSR count). The number of hydrogen-bond donors (Lipinski definition) is 0. The van der Waals surface area contributed by atoms with Gasteiger partial charge in [-0.15, -0.1) is 0 Å². The van der Waals surface area contributed by atoms with E-state index in [-0.39, 0.29) is 10.8 Å². The van der Waals surface area contributed by atoms with Gasteiger partial charge in [0.1, 0.15) is 0 Å². The normalized spacial score (nSPS) is 13.2. The first-order valence-electron chi connectivity index (χ1n) is 21.4. The molecule has 0 fully saturated rings. The number of rotatable bonds is 2. The zero-order valence-corrected chi connectivity index (χ0v) is 34.9. The SMILES string of the molecule is CC(C)(C)c1ccc(-c2c3cc4c5cccc6c7ccccc7n(c4cc3c(-c3ccc(C(C)(C)C)cc3)c3cc4c7cccc8c9ccccc9n(c4cc23)c87)c65)cc1. The molecule has 0 N–H and O–H groups in total. The van der Waals surface area contributed by atoms with E-state index in [0.717, 1.165) is 0 Å². The topological polar surface area (TPSA) is 8.82 Å². The first-order valence-corrected chi connectivity index (χ1v) is 21.4. The summed E-state index contributed by atoms with van der Waals surface area (Å²) in [5.41, 5.74) is 15.5. The molecule has 60 heavy (non-hydrogen) atoms. The highest BCUT2D eigenvalue weighted by Crippen LogP contribution is 2.50. The van der Waals surface area contributed by atoms with Gasteiger partial charge in [0.05, 0.1) is 33.1 Å². The Hall–Kier alpha value is -6.90. The van der Waals surface area contributed by atoms with Crippen LogP contribution in [0.4, 0.5) is 0 Å². The van der Waals surface area contributed by atoms with Crippen molar-refractivity contribution in [3.05, 3.63) is 169 Å². The van der Waals surface area contributed by atoms with Crippen LogP contribution in [0.15, 0.2) is 158 Å². The predicted octanol–water partition coefficient (Wildman–Crippen LogP) is 16.2. The molecule has 0 unspecified atom stereocenters. The highest BCUT2D eigenvalue weighted by atomic mass is 14.9.